The van der Waals surface area contributed by atoms with Crippen molar-refractivity contribution in [3.05, 3.63) is 51.7 Å². The Morgan fingerprint density at radius 3 is 2.81 bits per heavy atom. The van der Waals surface area contributed by atoms with Crippen molar-refractivity contribution in [2.45, 2.75) is 6.42 Å². The zero-order chi connectivity index (χ0) is 15.2. The van der Waals surface area contributed by atoms with Crippen molar-refractivity contribution in [2.24, 2.45) is 7.05 Å². The summed E-state index contributed by atoms with van der Waals surface area (Å²) in [6.45, 7) is 1.05. The Balaban J connectivity index is 1.76. The van der Waals surface area contributed by atoms with Gasteiger partial charge in [-0.25, -0.2) is 9.07 Å². The second-order valence-corrected chi connectivity index (χ2v) is 4.76. The Labute approximate surface area is 126 Å². The third kappa shape index (κ3) is 4.19. The van der Waals surface area contributed by atoms with Gasteiger partial charge in [-0.15, -0.1) is 0 Å². The van der Waals surface area contributed by atoms with E-state index in [0.717, 1.165) is 0 Å². The number of hydrogen-bond donors (Lipinski definition) is 1. The highest BCUT2D eigenvalue weighted by Crippen LogP contribution is 2.15. The minimum atomic E-state index is -0.343. The van der Waals surface area contributed by atoms with Crippen LogP contribution in [0.15, 0.2) is 35.3 Å². The van der Waals surface area contributed by atoms with Gasteiger partial charge >= 0.3 is 0 Å². The summed E-state index contributed by atoms with van der Waals surface area (Å²) in [5.41, 5.74) is 0.158. The van der Waals surface area contributed by atoms with Crippen LogP contribution in [0.5, 0.6) is 5.75 Å². The molecular formula is C14H15ClFN3O2. The highest BCUT2D eigenvalue weighted by Gasteiger charge is 2.06. The van der Waals surface area contributed by atoms with E-state index in [0.29, 0.717) is 31.0 Å². The van der Waals surface area contributed by atoms with Gasteiger partial charge in [0.15, 0.2) is 0 Å². The molecule has 0 aliphatic heterocycles. The number of ether oxygens (including phenoxy) is 1. The number of aromatic nitrogens is 2. The first kappa shape index (κ1) is 15.3. The molecule has 1 aromatic carbocycles. The van der Waals surface area contributed by atoms with E-state index in [4.69, 9.17) is 16.3 Å². The maximum absolute atomic E-state index is 12.7. The summed E-state index contributed by atoms with van der Waals surface area (Å²) in [5.74, 6) is 0.321. The normalized spacial score (nSPS) is 10.4. The van der Waals surface area contributed by atoms with E-state index in [-0.39, 0.29) is 16.4 Å². The predicted molar refractivity (Wildman–Crippen MR) is 79.5 cm³/mol. The number of nitrogens with zero attached hydrogens (tertiary/aromatic N) is 2. The van der Waals surface area contributed by atoms with Crippen molar-refractivity contribution < 1.29 is 9.13 Å². The minimum absolute atomic E-state index is 0.118. The SMILES string of the molecule is Cn1ncc(NCCCOc2ccc(F)cc2)c(Cl)c1=O. The summed E-state index contributed by atoms with van der Waals surface area (Å²) in [7, 11) is 1.54. The predicted octanol–water partition coefficient (Wildman–Crippen LogP) is 2.45. The van der Waals surface area contributed by atoms with E-state index in [1.54, 1.807) is 12.1 Å². The van der Waals surface area contributed by atoms with E-state index < -0.39 is 0 Å². The standard InChI is InChI=1S/C14H15ClFN3O2/c1-19-14(20)13(15)12(9-18-19)17-7-2-8-21-11-5-3-10(16)4-6-11/h3-6,9,17H,2,7-8H2,1H3. The van der Waals surface area contributed by atoms with Crippen LogP contribution >= 0.6 is 11.6 Å². The van der Waals surface area contributed by atoms with Crippen LogP contribution in [0, 0.1) is 5.82 Å². The van der Waals surface area contributed by atoms with Gasteiger partial charge in [0.1, 0.15) is 16.6 Å². The highest BCUT2D eigenvalue weighted by molar-refractivity contribution is 6.32. The molecule has 0 fully saturated rings. The molecule has 21 heavy (non-hydrogen) atoms. The number of rotatable bonds is 6. The van der Waals surface area contributed by atoms with Crippen LogP contribution in [-0.4, -0.2) is 22.9 Å². The molecule has 2 aromatic rings. The monoisotopic (exact) mass is 311 g/mol. The summed E-state index contributed by atoms with van der Waals surface area (Å²) < 4.78 is 19.3. The Kier molecular flexibility index (Phi) is 5.16. The second kappa shape index (κ2) is 7.08. The van der Waals surface area contributed by atoms with Crippen molar-refractivity contribution in [3.8, 4) is 5.75 Å². The van der Waals surface area contributed by atoms with Gasteiger partial charge in [-0.05, 0) is 30.7 Å². The van der Waals surface area contributed by atoms with Crippen molar-refractivity contribution in [3.63, 3.8) is 0 Å². The molecule has 1 aromatic heterocycles. The van der Waals surface area contributed by atoms with Crippen LogP contribution in [0.25, 0.3) is 0 Å². The third-order valence-corrected chi connectivity index (χ3v) is 3.16. The van der Waals surface area contributed by atoms with Gasteiger partial charge in [0.05, 0.1) is 18.5 Å². The maximum Gasteiger partial charge on any atom is 0.287 e. The molecule has 0 saturated carbocycles. The van der Waals surface area contributed by atoms with Crippen molar-refractivity contribution in [1.82, 2.24) is 9.78 Å². The van der Waals surface area contributed by atoms with Gasteiger partial charge in [-0.1, -0.05) is 11.6 Å². The van der Waals surface area contributed by atoms with Crippen LogP contribution in [0.3, 0.4) is 0 Å². The molecule has 5 nitrogen and oxygen atoms in total. The second-order valence-electron chi connectivity index (χ2n) is 4.38. The first-order valence-corrected chi connectivity index (χ1v) is 6.80. The van der Waals surface area contributed by atoms with Gasteiger partial charge in [0.2, 0.25) is 0 Å². The smallest absolute Gasteiger partial charge is 0.287 e. The molecule has 1 N–H and O–H groups in total. The summed E-state index contributed by atoms with van der Waals surface area (Å²) in [5, 5.41) is 7.03. The largest absolute Gasteiger partial charge is 0.494 e. The van der Waals surface area contributed by atoms with E-state index in [2.05, 4.69) is 10.4 Å². The molecule has 0 saturated heterocycles. The van der Waals surface area contributed by atoms with Gasteiger partial charge in [-0.3, -0.25) is 4.79 Å². The quantitative estimate of drug-likeness (QED) is 0.833. The van der Waals surface area contributed by atoms with Crippen LogP contribution in [0.1, 0.15) is 6.42 Å². The molecule has 0 aliphatic rings. The molecule has 0 bridgehead atoms. The van der Waals surface area contributed by atoms with Crippen LogP contribution in [0.2, 0.25) is 5.02 Å². The minimum Gasteiger partial charge on any atom is -0.494 e. The number of anilines is 1. The lowest BCUT2D eigenvalue weighted by molar-refractivity contribution is 0.314. The molecule has 7 heteroatoms. The molecule has 112 valence electrons. The fraction of sp³-hybridized carbons (Fsp3) is 0.286. The zero-order valence-corrected chi connectivity index (χ0v) is 12.2. The van der Waals surface area contributed by atoms with E-state index in [1.807, 2.05) is 0 Å². The molecule has 0 unspecified atom stereocenters. The van der Waals surface area contributed by atoms with Crippen molar-refractivity contribution in [1.29, 1.82) is 0 Å². The molecule has 1 heterocycles. The number of nitrogens with one attached hydrogen (secondary N) is 1. The number of hydrogen-bond acceptors (Lipinski definition) is 4. The fourth-order valence-electron chi connectivity index (χ4n) is 1.65. The molecule has 0 amide bonds. The van der Waals surface area contributed by atoms with Crippen molar-refractivity contribution >= 4 is 17.3 Å². The Hall–Kier alpha value is -2.08. The Morgan fingerprint density at radius 2 is 2.10 bits per heavy atom. The molecule has 0 radical (unpaired) electrons. The number of halogens is 2. The first-order valence-electron chi connectivity index (χ1n) is 6.42. The number of benzene rings is 1. The van der Waals surface area contributed by atoms with Gasteiger partial charge in [0.25, 0.3) is 5.56 Å². The summed E-state index contributed by atoms with van der Waals surface area (Å²) in [4.78, 5) is 11.6. The molecular weight excluding hydrogens is 297 g/mol. The lowest BCUT2D eigenvalue weighted by Crippen LogP contribution is -2.21. The summed E-state index contributed by atoms with van der Waals surface area (Å²) in [6.07, 6.45) is 2.20. The molecule has 0 atom stereocenters. The summed E-state index contributed by atoms with van der Waals surface area (Å²) in [6, 6.07) is 5.84. The maximum atomic E-state index is 12.7. The fourth-order valence-corrected chi connectivity index (χ4v) is 1.89. The first-order chi connectivity index (χ1) is 10.1. The lowest BCUT2D eigenvalue weighted by atomic mass is 10.3. The van der Waals surface area contributed by atoms with E-state index in [1.165, 1.54) is 30.1 Å². The Bertz CT molecular complexity index is 658. The van der Waals surface area contributed by atoms with E-state index >= 15 is 0 Å². The van der Waals surface area contributed by atoms with Gasteiger partial charge < -0.3 is 10.1 Å². The van der Waals surface area contributed by atoms with Crippen LogP contribution < -0.4 is 15.6 Å². The topological polar surface area (TPSA) is 56.1 Å². The van der Waals surface area contributed by atoms with E-state index in [9.17, 15) is 9.18 Å². The summed E-state index contributed by atoms with van der Waals surface area (Å²) >= 11 is 5.92. The Morgan fingerprint density at radius 1 is 1.38 bits per heavy atom. The van der Waals surface area contributed by atoms with Crippen molar-refractivity contribution in [2.75, 3.05) is 18.5 Å². The van der Waals surface area contributed by atoms with Gasteiger partial charge in [0, 0.05) is 13.6 Å². The average molecular weight is 312 g/mol. The van der Waals surface area contributed by atoms with Crippen LogP contribution in [-0.2, 0) is 7.05 Å². The number of aryl methyl sites for hydroxylation is 1. The van der Waals surface area contributed by atoms with Crippen LogP contribution in [0.4, 0.5) is 10.1 Å². The molecule has 0 spiro atoms. The zero-order valence-electron chi connectivity index (χ0n) is 11.5. The third-order valence-electron chi connectivity index (χ3n) is 2.80. The highest BCUT2D eigenvalue weighted by atomic mass is 35.5. The lowest BCUT2D eigenvalue weighted by Gasteiger charge is -2.09. The molecule has 0 aliphatic carbocycles. The molecule has 2 rings (SSSR count). The average Bonchev–Trinajstić information content (AvgIpc) is 2.48. The van der Waals surface area contributed by atoms with Gasteiger partial charge in [-0.2, -0.15) is 5.10 Å².